The number of hydrogen-bond acceptors (Lipinski definition) is 4. The first kappa shape index (κ1) is 15.2. The Morgan fingerprint density at radius 2 is 1.74 bits per heavy atom. The molecule has 1 N–H and O–H groups in total. The van der Waals surface area contributed by atoms with Gasteiger partial charge in [0.05, 0.1) is 0 Å². The molecule has 0 amide bonds. The van der Waals surface area contributed by atoms with Crippen LogP contribution in [0.25, 0.3) is 0 Å². The molecular weight excluding hydrogens is 264 g/mol. The molecule has 0 aromatic rings. The Morgan fingerprint density at radius 1 is 1.11 bits per heavy atom. The van der Waals surface area contributed by atoms with E-state index in [9.17, 15) is 8.42 Å². The Bertz CT molecular complexity index is 377. The number of nitrogens with zero attached hydrogens (tertiary/aromatic N) is 3. The van der Waals surface area contributed by atoms with Crippen LogP contribution in [0.3, 0.4) is 0 Å². The van der Waals surface area contributed by atoms with Crippen molar-refractivity contribution in [1.29, 1.82) is 0 Å². The van der Waals surface area contributed by atoms with Crippen molar-refractivity contribution in [3.05, 3.63) is 0 Å². The number of hydrogen-bond donors (Lipinski definition) is 1. The molecule has 1 unspecified atom stereocenters. The van der Waals surface area contributed by atoms with Crippen LogP contribution in [-0.2, 0) is 10.2 Å². The van der Waals surface area contributed by atoms with Gasteiger partial charge in [0.15, 0.2) is 0 Å². The van der Waals surface area contributed by atoms with Crippen LogP contribution in [0, 0.1) is 0 Å². The van der Waals surface area contributed by atoms with E-state index in [1.165, 1.54) is 0 Å². The zero-order valence-corrected chi connectivity index (χ0v) is 12.8. The number of piperazine rings is 1. The van der Waals surface area contributed by atoms with Crippen molar-refractivity contribution in [2.24, 2.45) is 0 Å². The van der Waals surface area contributed by atoms with Crippen LogP contribution in [0.4, 0.5) is 0 Å². The average molecular weight is 290 g/mol. The zero-order valence-electron chi connectivity index (χ0n) is 12.0. The van der Waals surface area contributed by atoms with E-state index in [-0.39, 0.29) is 0 Å². The second-order valence-electron chi connectivity index (χ2n) is 5.18. The average Bonchev–Trinajstić information content (AvgIpc) is 2.92. The fourth-order valence-electron chi connectivity index (χ4n) is 3.00. The van der Waals surface area contributed by atoms with Crippen molar-refractivity contribution in [2.75, 3.05) is 52.4 Å². The second kappa shape index (κ2) is 6.49. The molecular formula is C12H26N4O2S. The summed E-state index contributed by atoms with van der Waals surface area (Å²) in [5, 5.41) is 3.19. The zero-order chi connectivity index (χ0) is 13.9. The normalized spacial score (nSPS) is 27.2. The Kier molecular flexibility index (Phi) is 5.19. The molecule has 1 atom stereocenters. The van der Waals surface area contributed by atoms with E-state index in [1.54, 1.807) is 8.61 Å². The highest BCUT2D eigenvalue weighted by Crippen LogP contribution is 2.21. The first-order chi connectivity index (χ1) is 9.09. The predicted octanol–water partition coefficient (Wildman–Crippen LogP) is -0.447. The summed E-state index contributed by atoms with van der Waals surface area (Å²) < 4.78 is 28.4. The van der Waals surface area contributed by atoms with Crippen molar-refractivity contribution >= 4 is 10.2 Å². The van der Waals surface area contributed by atoms with Crippen molar-refractivity contribution in [3.8, 4) is 0 Å². The number of likely N-dealkylation sites (N-methyl/N-ethyl adjacent to an activating group) is 1. The maximum absolute atomic E-state index is 12.5. The first-order valence-corrected chi connectivity index (χ1v) is 8.69. The molecule has 19 heavy (non-hydrogen) atoms. The van der Waals surface area contributed by atoms with Gasteiger partial charge in [-0.05, 0) is 19.5 Å². The third-order valence-corrected chi connectivity index (χ3v) is 6.19. The molecule has 2 saturated heterocycles. The smallest absolute Gasteiger partial charge is 0.282 e. The Morgan fingerprint density at radius 3 is 2.32 bits per heavy atom. The monoisotopic (exact) mass is 290 g/mol. The molecule has 0 bridgehead atoms. The summed E-state index contributed by atoms with van der Waals surface area (Å²) >= 11 is 0. The summed E-state index contributed by atoms with van der Waals surface area (Å²) in [6.45, 7) is 10.3. The lowest BCUT2D eigenvalue weighted by atomic mass is 10.2. The highest BCUT2D eigenvalue weighted by atomic mass is 32.2. The molecule has 0 spiro atoms. The summed E-state index contributed by atoms with van der Waals surface area (Å²) in [6.07, 6.45) is 0.951. The van der Waals surface area contributed by atoms with Crippen LogP contribution in [0.5, 0.6) is 0 Å². The fourth-order valence-corrected chi connectivity index (χ4v) is 4.66. The Labute approximate surface area is 116 Å². The van der Waals surface area contributed by atoms with E-state index in [0.717, 1.165) is 32.6 Å². The molecule has 2 rings (SSSR count). The molecule has 0 aromatic carbocycles. The third kappa shape index (κ3) is 3.28. The van der Waals surface area contributed by atoms with Crippen LogP contribution in [-0.4, -0.2) is 80.3 Å². The lowest BCUT2D eigenvalue weighted by Gasteiger charge is -2.31. The molecule has 0 saturated carbocycles. The van der Waals surface area contributed by atoms with Crippen molar-refractivity contribution < 1.29 is 8.42 Å². The van der Waals surface area contributed by atoms with Gasteiger partial charge < -0.3 is 5.32 Å². The largest absolute Gasteiger partial charge is 0.314 e. The highest BCUT2D eigenvalue weighted by molar-refractivity contribution is 7.86. The van der Waals surface area contributed by atoms with Crippen LogP contribution in [0.1, 0.15) is 20.3 Å². The SMILES string of the molecule is CCN(CC)C1CCN(S(=O)(=O)N2CCNCC2)C1. The summed E-state index contributed by atoms with van der Waals surface area (Å²) in [4.78, 5) is 2.35. The van der Waals surface area contributed by atoms with E-state index >= 15 is 0 Å². The van der Waals surface area contributed by atoms with Gasteiger partial charge in [0.1, 0.15) is 0 Å². The predicted molar refractivity (Wildman–Crippen MR) is 76.3 cm³/mol. The van der Waals surface area contributed by atoms with Gasteiger partial charge in [0.2, 0.25) is 0 Å². The van der Waals surface area contributed by atoms with Gasteiger partial charge in [-0.15, -0.1) is 0 Å². The Hall–Kier alpha value is -0.210. The van der Waals surface area contributed by atoms with Gasteiger partial charge in [-0.2, -0.15) is 17.0 Å². The molecule has 0 aliphatic carbocycles. The van der Waals surface area contributed by atoms with E-state index in [4.69, 9.17) is 0 Å². The second-order valence-corrected chi connectivity index (χ2v) is 7.11. The van der Waals surface area contributed by atoms with Gasteiger partial charge in [0, 0.05) is 45.3 Å². The van der Waals surface area contributed by atoms with Gasteiger partial charge in [0.25, 0.3) is 10.2 Å². The fraction of sp³-hybridized carbons (Fsp3) is 1.00. The lowest BCUT2D eigenvalue weighted by molar-refractivity contribution is 0.222. The maximum Gasteiger partial charge on any atom is 0.282 e. The minimum atomic E-state index is -3.24. The first-order valence-electron chi connectivity index (χ1n) is 7.29. The number of nitrogens with one attached hydrogen (secondary N) is 1. The summed E-state index contributed by atoms with van der Waals surface area (Å²) in [5.41, 5.74) is 0. The van der Waals surface area contributed by atoms with Crippen LogP contribution in [0.15, 0.2) is 0 Å². The van der Waals surface area contributed by atoms with Gasteiger partial charge >= 0.3 is 0 Å². The van der Waals surface area contributed by atoms with E-state index in [2.05, 4.69) is 24.1 Å². The summed E-state index contributed by atoms with van der Waals surface area (Å²) in [7, 11) is -3.24. The van der Waals surface area contributed by atoms with Crippen molar-refractivity contribution in [1.82, 2.24) is 18.8 Å². The third-order valence-electron chi connectivity index (χ3n) is 4.18. The Balaban J connectivity index is 1.99. The quantitative estimate of drug-likeness (QED) is 0.745. The molecule has 2 aliphatic heterocycles. The van der Waals surface area contributed by atoms with E-state index in [1.807, 2.05) is 0 Å². The van der Waals surface area contributed by atoms with Gasteiger partial charge in [-0.25, -0.2) is 0 Å². The van der Waals surface area contributed by atoms with Crippen LogP contribution < -0.4 is 5.32 Å². The van der Waals surface area contributed by atoms with Crippen molar-refractivity contribution in [2.45, 2.75) is 26.3 Å². The molecule has 6 nitrogen and oxygen atoms in total. The lowest BCUT2D eigenvalue weighted by Crippen LogP contribution is -2.51. The minimum absolute atomic E-state index is 0.382. The van der Waals surface area contributed by atoms with Crippen LogP contribution in [0.2, 0.25) is 0 Å². The van der Waals surface area contributed by atoms with Gasteiger partial charge in [-0.1, -0.05) is 13.8 Å². The van der Waals surface area contributed by atoms with Crippen LogP contribution >= 0.6 is 0 Å². The number of rotatable bonds is 5. The molecule has 2 fully saturated rings. The molecule has 2 heterocycles. The molecule has 0 aromatic heterocycles. The molecule has 7 heteroatoms. The molecule has 112 valence electrons. The minimum Gasteiger partial charge on any atom is -0.314 e. The topological polar surface area (TPSA) is 55.9 Å². The van der Waals surface area contributed by atoms with E-state index in [0.29, 0.717) is 32.2 Å². The summed E-state index contributed by atoms with van der Waals surface area (Å²) in [6, 6.07) is 0.382. The summed E-state index contributed by atoms with van der Waals surface area (Å²) in [5.74, 6) is 0. The highest BCUT2D eigenvalue weighted by Gasteiger charge is 2.37. The van der Waals surface area contributed by atoms with Crippen molar-refractivity contribution in [3.63, 3.8) is 0 Å². The standard InChI is InChI=1S/C12H26N4O2S/c1-3-14(4-2)12-5-8-16(11-12)19(17,18)15-9-6-13-7-10-15/h12-13H,3-11H2,1-2H3. The van der Waals surface area contributed by atoms with Gasteiger partial charge in [-0.3, -0.25) is 4.90 Å². The maximum atomic E-state index is 12.5. The van der Waals surface area contributed by atoms with E-state index < -0.39 is 10.2 Å². The molecule has 2 aliphatic rings. The molecule has 0 radical (unpaired) electrons.